The molecule has 0 aromatic heterocycles. The first kappa shape index (κ1) is 12.4. The number of ether oxygens (including phenoxy) is 1. The van der Waals surface area contributed by atoms with E-state index in [2.05, 4.69) is 12.2 Å². The van der Waals surface area contributed by atoms with Crippen LogP contribution in [0.2, 0.25) is 0 Å². The molecule has 2 rings (SSSR count). The summed E-state index contributed by atoms with van der Waals surface area (Å²) in [4.78, 5) is 0. The van der Waals surface area contributed by atoms with Crippen molar-refractivity contribution in [3.8, 4) is 0 Å². The molecule has 0 bridgehead atoms. The monoisotopic (exact) mass is 225 g/mol. The molecule has 16 heavy (non-hydrogen) atoms. The summed E-state index contributed by atoms with van der Waals surface area (Å²) >= 11 is 0. The third-order valence-corrected chi connectivity index (χ3v) is 4.57. The summed E-state index contributed by atoms with van der Waals surface area (Å²) in [5.41, 5.74) is 0. The van der Waals surface area contributed by atoms with Crippen molar-refractivity contribution in [3.05, 3.63) is 0 Å². The second-order valence-corrected chi connectivity index (χ2v) is 5.62. The molecule has 94 valence electrons. The molecular formula is C14H27NO. The molecule has 1 N–H and O–H groups in total. The Morgan fingerprint density at radius 1 is 1.12 bits per heavy atom. The predicted molar refractivity (Wildman–Crippen MR) is 67.6 cm³/mol. The van der Waals surface area contributed by atoms with Gasteiger partial charge in [-0.05, 0) is 38.0 Å². The van der Waals surface area contributed by atoms with Gasteiger partial charge in [-0.15, -0.1) is 0 Å². The number of hydrogen-bond donors (Lipinski definition) is 1. The first-order valence-corrected chi connectivity index (χ1v) is 7.12. The van der Waals surface area contributed by atoms with E-state index in [0.717, 1.165) is 12.0 Å². The molecular weight excluding hydrogens is 198 g/mol. The van der Waals surface area contributed by atoms with Crippen LogP contribution < -0.4 is 5.32 Å². The standard InChI is InChI=1S/C14H27NO/c1-3-11-8-9-12(10-11)15-13-6-4-5-7-14(13)16-2/h11-15H,3-10H2,1-2H3. The summed E-state index contributed by atoms with van der Waals surface area (Å²) < 4.78 is 5.60. The van der Waals surface area contributed by atoms with E-state index in [0.29, 0.717) is 12.1 Å². The summed E-state index contributed by atoms with van der Waals surface area (Å²) in [6.07, 6.45) is 11.3. The highest BCUT2D eigenvalue weighted by molar-refractivity contribution is 4.88. The van der Waals surface area contributed by atoms with E-state index in [-0.39, 0.29) is 0 Å². The molecule has 2 aliphatic rings. The normalized spacial score (nSPS) is 40.1. The first-order chi connectivity index (χ1) is 7.83. The van der Waals surface area contributed by atoms with Crippen LogP contribution in [-0.4, -0.2) is 25.3 Å². The topological polar surface area (TPSA) is 21.3 Å². The predicted octanol–water partition coefficient (Wildman–Crippen LogP) is 3.11. The summed E-state index contributed by atoms with van der Waals surface area (Å²) in [5.74, 6) is 0.974. The average molecular weight is 225 g/mol. The van der Waals surface area contributed by atoms with E-state index in [4.69, 9.17) is 4.74 Å². The highest BCUT2D eigenvalue weighted by Crippen LogP contribution is 2.30. The van der Waals surface area contributed by atoms with Gasteiger partial charge in [-0.2, -0.15) is 0 Å². The van der Waals surface area contributed by atoms with E-state index < -0.39 is 0 Å². The van der Waals surface area contributed by atoms with Crippen molar-refractivity contribution in [2.45, 2.75) is 76.5 Å². The van der Waals surface area contributed by atoms with Crippen molar-refractivity contribution in [2.75, 3.05) is 7.11 Å². The summed E-state index contributed by atoms with van der Waals surface area (Å²) in [5, 5.41) is 3.86. The molecule has 2 nitrogen and oxygen atoms in total. The largest absolute Gasteiger partial charge is 0.380 e. The fourth-order valence-electron chi connectivity index (χ4n) is 3.47. The lowest BCUT2D eigenvalue weighted by Crippen LogP contribution is -2.47. The Kier molecular flexibility index (Phi) is 4.66. The van der Waals surface area contributed by atoms with Gasteiger partial charge in [0.05, 0.1) is 6.10 Å². The maximum atomic E-state index is 5.60. The van der Waals surface area contributed by atoms with Crippen molar-refractivity contribution in [3.63, 3.8) is 0 Å². The van der Waals surface area contributed by atoms with Crippen LogP contribution in [0, 0.1) is 5.92 Å². The van der Waals surface area contributed by atoms with Crippen molar-refractivity contribution < 1.29 is 4.74 Å². The van der Waals surface area contributed by atoms with Gasteiger partial charge in [0.15, 0.2) is 0 Å². The maximum absolute atomic E-state index is 5.60. The van der Waals surface area contributed by atoms with Crippen molar-refractivity contribution in [2.24, 2.45) is 5.92 Å². The van der Waals surface area contributed by atoms with Crippen LogP contribution in [0.4, 0.5) is 0 Å². The van der Waals surface area contributed by atoms with Gasteiger partial charge in [0.25, 0.3) is 0 Å². The second-order valence-electron chi connectivity index (χ2n) is 5.62. The van der Waals surface area contributed by atoms with E-state index in [1.807, 2.05) is 7.11 Å². The molecule has 0 radical (unpaired) electrons. The SMILES string of the molecule is CCC1CCC(NC2CCCCC2OC)C1. The summed E-state index contributed by atoms with van der Waals surface area (Å²) in [6, 6.07) is 1.39. The Labute approximate surface area is 100 Å². The minimum atomic E-state index is 0.467. The zero-order valence-corrected chi connectivity index (χ0v) is 10.9. The van der Waals surface area contributed by atoms with E-state index in [9.17, 15) is 0 Å². The van der Waals surface area contributed by atoms with Crippen LogP contribution in [0.15, 0.2) is 0 Å². The van der Waals surface area contributed by atoms with Crippen LogP contribution in [-0.2, 0) is 4.74 Å². The Balaban J connectivity index is 1.79. The fraction of sp³-hybridized carbons (Fsp3) is 1.00. The molecule has 2 saturated carbocycles. The minimum Gasteiger partial charge on any atom is -0.380 e. The van der Waals surface area contributed by atoms with Gasteiger partial charge in [0.2, 0.25) is 0 Å². The Morgan fingerprint density at radius 2 is 1.94 bits per heavy atom. The van der Waals surface area contributed by atoms with Crippen molar-refractivity contribution in [1.29, 1.82) is 0 Å². The molecule has 2 aliphatic carbocycles. The van der Waals surface area contributed by atoms with Crippen LogP contribution in [0.25, 0.3) is 0 Å². The summed E-state index contributed by atoms with van der Waals surface area (Å²) in [6.45, 7) is 2.33. The lowest BCUT2D eigenvalue weighted by atomic mass is 9.91. The molecule has 0 aromatic carbocycles. The third kappa shape index (κ3) is 2.98. The van der Waals surface area contributed by atoms with Gasteiger partial charge in [0, 0.05) is 19.2 Å². The molecule has 4 unspecified atom stereocenters. The van der Waals surface area contributed by atoms with Gasteiger partial charge in [-0.3, -0.25) is 0 Å². The van der Waals surface area contributed by atoms with Crippen LogP contribution >= 0.6 is 0 Å². The Hall–Kier alpha value is -0.0800. The Bertz CT molecular complexity index is 207. The maximum Gasteiger partial charge on any atom is 0.0724 e. The summed E-state index contributed by atoms with van der Waals surface area (Å²) in [7, 11) is 1.87. The zero-order chi connectivity index (χ0) is 11.4. The molecule has 0 aromatic rings. The number of hydrogen-bond acceptors (Lipinski definition) is 2. The quantitative estimate of drug-likeness (QED) is 0.794. The van der Waals surface area contributed by atoms with Crippen LogP contribution in [0.5, 0.6) is 0 Å². The van der Waals surface area contributed by atoms with E-state index in [1.54, 1.807) is 0 Å². The van der Waals surface area contributed by atoms with Crippen LogP contribution in [0.3, 0.4) is 0 Å². The molecule has 2 heteroatoms. The smallest absolute Gasteiger partial charge is 0.0724 e. The minimum absolute atomic E-state index is 0.467. The zero-order valence-electron chi connectivity index (χ0n) is 10.9. The van der Waals surface area contributed by atoms with Gasteiger partial charge < -0.3 is 10.1 Å². The van der Waals surface area contributed by atoms with E-state index in [1.165, 1.54) is 51.4 Å². The molecule has 0 amide bonds. The lowest BCUT2D eigenvalue weighted by molar-refractivity contribution is 0.0378. The average Bonchev–Trinajstić information content (AvgIpc) is 2.77. The number of nitrogens with one attached hydrogen (secondary N) is 1. The van der Waals surface area contributed by atoms with Gasteiger partial charge in [-0.1, -0.05) is 26.2 Å². The van der Waals surface area contributed by atoms with Crippen LogP contribution in [0.1, 0.15) is 58.3 Å². The lowest BCUT2D eigenvalue weighted by Gasteiger charge is -2.33. The van der Waals surface area contributed by atoms with Gasteiger partial charge in [0.1, 0.15) is 0 Å². The number of methoxy groups -OCH3 is 1. The highest BCUT2D eigenvalue weighted by atomic mass is 16.5. The second kappa shape index (κ2) is 6.02. The third-order valence-electron chi connectivity index (χ3n) is 4.57. The molecule has 0 saturated heterocycles. The molecule has 0 spiro atoms. The highest BCUT2D eigenvalue weighted by Gasteiger charge is 2.30. The van der Waals surface area contributed by atoms with Gasteiger partial charge >= 0.3 is 0 Å². The van der Waals surface area contributed by atoms with Crippen molar-refractivity contribution >= 4 is 0 Å². The molecule has 4 atom stereocenters. The Morgan fingerprint density at radius 3 is 2.62 bits per heavy atom. The number of rotatable bonds is 4. The first-order valence-electron chi connectivity index (χ1n) is 7.12. The van der Waals surface area contributed by atoms with Gasteiger partial charge in [-0.25, -0.2) is 0 Å². The molecule has 2 fully saturated rings. The molecule has 0 heterocycles. The van der Waals surface area contributed by atoms with Crippen molar-refractivity contribution in [1.82, 2.24) is 5.32 Å². The molecule has 0 aliphatic heterocycles. The van der Waals surface area contributed by atoms with E-state index >= 15 is 0 Å². The fourth-order valence-corrected chi connectivity index (χ4v) is 3.47.